The molecule has 1 spiro atoms. The lowest BCUT2D eigenvalue weighted by Gasteiger charge is -2.34. The van der Waals surface area contributed by atoms with Crippen LogP contribution in [0.3, 0.4) is 0 Å². The van der Waals surface area contributed by atoms with E-state index in [1.165, 1.54) is 0 Å². The average molecular weight is 801 g/mol. The lowest BCUT2D eigenvalue weighted by atomic mass is 9.84. The molecule has 1 aliphatic carbocycles. The van der Waals surface area contributed by atoms with Gasteiger partial charge in [0.2, 0.25) is 23.6 Å². The fraction of sp³-hybridized carbons (Fsp3) is 0.511. The molecule has 1 heterocycles. The fourth-order valence-electron chi connectivity index (χ4n) is 7.94. The van der Waals surface area contributed by atoms with Gasteiger partial charge in [-0.3, -0.25) is 23.7 Å². The molecular formula is C45H61N4O7P. The van der Waals surface area contributed by atoms with Crippen LogP contribution in [0.5, 0.6) is 0 Å². The number of benzene rings is 3. The Morgan fingerprint density at radius 3 is 2.23 bits per heavy atom. The number of primary amides is 1. The van der Waals surface area contributed by atoms with Crippen LogP contribution in [0.15, 0.2) is 78.9 Å². The van der Waals surface area contributed by atoms with Gasteiger partial charge < -0.3 is 30.7 Å². The number of carbonyl (C=O) groups is 4. The maximum absolute atomic E-state index is 14.1. The highest BCUT2D eigenvalue weighted by atomic mass is 31.2. The van der Waals surface area contributed by atoms with E-state index in [1.54, 1.807) is 6.08 Å². The average Bonchev–Trinajstić information content (AvgIpc) is 3.11. The summed E-state index contributed by atoms with van der Waals surface area (Å²) in [6.07, 6.45) is 8.00. The van der Waals surface area contributed by atoms with E-state index < -0.39 is 48.1 Å². The molecule has 11 nitrogen and oxygen atoms in total. The van der Waals surface area contributed by atoms with Crippen molar-refractivity contribution in [1.82, 2.24) is 16.0 Å². The second-order valence-corrected chi connectivity index (χ2v) is 19.6. The third kappa shape index (κ3) is 12.8. The van der Waals surface area contributed by atoms with Crippen LogP contribution >= 0.6 is 7.60 Å². The quantitative estimate of drug-likeness (QED) is 0.127. The predicted molar refractivity (Wildman–Crippen MR) is 224 cm³/mol. The Balaban J connectivity index is 1.46. The Hall–Kier alpha value is -4.31. The Morgan fingerprint density at radius 2 is 1.58 bits per heavy atom. The largest absolute Gasteiger partial charge is 0.370 e. The first kappa shape index (κ1) is 43.8. The molecule has 4 amide bonds. The third-order valence-corrected chi connectivity index (χ3v) is 12.7. The van der Waals surface area contributed by atoms with Gasteiger partial charge in [0, 0.05) is 13.0 Å². The van der Waals surface area contributed by atoms with Crippen LogP contribution in [0.1, 0.15) is 116 Å². The smallest absolute Gasteiger partial charge is 0.336 e. The van der Waals surface area contributed by atoms with Crippen molar-refractivity contribution in [1.29, 1.82) is 0 Å². The molecule has 0 bridgehead atoms. The highest BCUT2D eigenvalue weighted by Gasteiger charge is 2.41. The number of nitrogens with one attached hydrogen (secondary N) is 3. The van der Waals surface area contributed by atoms with Crippen molar-refractivity contribution < 1.29 is 32.8 Å². The molecule has 12 heteroatoms. The molecule has 0 aromatic heterocycles. The minimum Gasteiger partial charge on any atom is -0.370 e. The van der Waals surface area contributed by atoms with Gasteiger partial charge in [-0.05, 0) is 119 Å². The monoisotopic (exact) mass is 800 g/mol. The summed E-state index contributed by atoms with van der Waals surface area (Å²) >= 11 is 0. The summed E-state index contributed by atoms with van der Waals surface area (Å²) in [5.41, 5.74) is 5.70. The molecule has 4 atom stereocenters. The van der Waals surface area contributed by atoms with Gasteiger partial charge in [-0.2, -0.15) is 0 Å². The van der Waals surface area contributed by atoms with Crippen molar-refractivity contribution in [2.24, 2.45) is 11.7 Å². The number of hydrogen-bond acceptors (Lipinski definition) is 7. The van der Waals surface area contributed by atoms with Crippen molar-refractivity contribution in [2.45, 2.75) is 134 Å². The lowest BCUT2D eigenvalue weighted by molar-refractivity contribution is -0.136. The highest BCUT2D eigenvalue weighted by Crippen LogP contribution is 2.57. The number of fused-ring (bicyclic) bond motifs is 1. The molecule has 308 valence electrons. The van der Waals surface area contributed by atoms with Crippen molar-refractivity contribution in [3.63, 3.8) is 0 Å². The standard InChI is InChI=1S/C45H61N4O7P/c1-43(2,3)55-57(54,56-44(4,5)6)30-31-20-22-33(23-21-31)35-17-12-14-32(26-36-18-13-16-34-15-8-9-19-37(34)36)29-47-41(52)38(28-39(46)50)48-42(53)45(49-40(51)27-35)24-10-7-11-25-45/h8-10,13,15-16,18-24,32,35,38H,7,11-12,14,17,25-30H2,1-6H3,(H2,46,50)(H,47,52)(H,48,53)(H,49,51). The molecule has 1 fully saturated rings. The molecule has 3 aromatic carbocycles. The van der Waals surface area contributed by atoms with Crippen molar-refractivity contribution in [3.8, 4) is 0 Å². The van der Waals surface area contributed by atoms with E-state index >= 15 is 0 Å². The summed E-state index contributed by atoms with van der Waals surface area (Å²) in [6, 6.07) is 21.0. The number of nitrogens with two attached hydrogens (primary N) is 1. The Kier molecular flexibility index (Phi) is 14.2. The van der Waals surface area contributed by atoms with Crippen molar-refractivity contribution in [2.75, 3.05) is 6.54 Å². The van der Waals surface area contributed by atoms with E-state index in [2.05, 4.69) is 40.2 Å². The summed E-state index contributed by atoms with van der Waals surface area (Å²) in [5, 5.41) is 11.1. The minimum atomic E-state index is -3.54. The molecule has 1 saturated heterocycles. The molecule has 57 heavy (non-hydrogen) atoms. The maximum Gasteiger partial charge on any atom is 0.336 e. The second-order valence-electron chi connectivity index (χ2n) is 17.7. The number of allylic oxidation sites excluding steroid dienone is 1. The Morgan fingerprint density at radius 1 is 0.895 bits per heavy atom. The first-order valence-electron chi connectivity index (χ1n) is 20.2. The Labute approximate surface area is 337 Å². The minimum absolute atomic E-state index is 0.0130. The van der Waals surface area contributed by atoms with E-state index in [0.29, 0.717) is 32.2 Å². The van der Waals surface area contributed by atoms with Gasteiger partial charge in [0.05, 0.1) is 23.8 Å². The molecule has 4 unspecified atom stereocenters. The number of amides is 4. The summed E-state index contributed by atoms with van der Waals surface area (Å²) in [7, 11) is -3.54. The van der Waals surface area contributed by atoms with Gasteiger partial charge >= 0.3 is 7.60 Å². The second kappa shape index (κ2) is 18.5. The summed E-state index contributed by atoms with van der Waals surface area (Å²) < 4.78 is 26.1. The number of hydrogen-bond donors (Lipinski definition) is 4. The van der Waals surface area contributed by atoms with Crippen LogP contribution in [-0.2, 0) is 45.4 Å². The molecule has 3 aromatic rings. The molecule has 1 aliphatic heterocycles. The predicted octanol–water partition coefficient (Wildman–Crippen LogP) is 7.75. The first-order chi connectivity index (χ1) is 26.8. The highest BCUT2D eigenvalue weighted by molar-refractivity contribution is 7.53. The zero-order valence-corrected chi connectivity index (χ0v) is 35.3. The van der Waals surface area contributed by atoms with Crippen LogP contribution in [0, 0.1) is 5.92 Å². The van der Waals surface area contributed by atoms with Crippen LogP contribution < -0.4 is 21.7 Å². The molecule has 2 aliphatic rings. The van der Waals surface area contributed by atoms with Gasteiger partial charge in [0.15, 0.2) is 0 Å². The molecular weight excluding hydrogens is 739 g/mol. The zero-order valence-electron chi connectivity index (χ0n) is 34.4. The van der Waals surface area contributed by atoms with E-state index in [1.807, 2.05) is 90.1 Å². The SMILES string of the molecule is CC(C)(C)OP(=O)(Cc1ccc(C2CCCC(Cc3cccc4ccccc34)CNC(=O)C(CC(N)=O)NC(=O)C3(C=CCCC3)NC(=O)C2)cc1)OC(C)(C)C. The van der Waals surface area contributed by atoms with E-state index in [0.717, 1.165) is 46.7 Å². The summed E-state index contributed by atoms with van der Waals surface area (Å²) in [6.45, 7) is 11.4. The lowest BCUT2D eigenvalue weighted by Crippen LogP contribution is -2.62. The van der Waals surface area contributed by atoms with Crippen molar-refractivity contribution in [3.05, 3.63) is 95.6 Å². The molecule has 5 N–H and O–H groups in total. The fourth-order valence-corrected chi connectivity index (χ4v) is 10.4. The normalized spacial score (nSPS) is 23.3. The molecule has 0 saturated carbocycles. The van der Waals surface area contributed by atoms with Gasteiger partial charge in [-0.1, -0.05) is 85.3 Å². The van der Waals surface area contributed by atoms with Gasteiger partial charge in [-0.15, -0.1) is 0 Å². The summed E-state index contributed by atoms with van der Waals surface area (Å²) in [4.78, 5) is 54.0. The summed E-state index contributed by atoms with van der Waals surface area (Å²) in [5.74, 6) is -2.27. The molecule has 0 radical (unpaired) electrons. The van der Waals surface area contributed by atoms with E-state index in [9.17, 15) is 23.7 Å². The van der Waals surface area contributed by atoms with E-state index in [-0.39, 0.29) is 36.7 Å². The Bertz CT molecular complexity index is 1960. The van der Waals surface area contributed by atoms with Crippen LogP contribution in [0.2, 0.25) is 0 Å². The van der Waals surface area contributed by atoms with Crippen LogP contribution in [0.25, 0.3) is 10.8 Å². The van der Waals surface area contributed by atoms with Gasteiger partial charge in [-0.25, -0.2) is 0 Å². The number of rotatable bonds is 9. The first-order valence-corrected chi connectivity index (χ1v) is 22.0. The van der Waals surface area contributed by atoms with E-state index in [4.69, 9.17) is 14.8 Å². The van der Waals surface area contributed by atoms with Crippen molar-refractivity contribution >= 4 is 42.0 Å². The topological polar surface area (TPSA) is 166 Å². The molecule has 5 rings (SSSR count). The third-order valence-electron chi connectivity index (χ3n) is 10.3. The van der Waals surface area contributed by atoms with Gasteiger partial charge in [0.25, 0.3) is 0 Å². The number of carbonyl (C=O) groups excluding carboxylic acids is 4. The zero-order chi connectivity index (χ0) is 41.4. The van der Waals surface area contributed by atoms with Gasteiger partial charge in [0.1, 0.15) is 11.6 Å². The maximum atomic E-state index is 14.1. The van der Waals surface area contributed by atoms with Crippen LogP contribution in [0.4, 0.5) is 0 Å². The van der Waals surface area contributed by atoms with Crippen LogP contribution in [-0.4, -0.2) is 53.0 Å².